The van der Waals surface area contributed by atoms with Gasteiger partial charge in [0.15, 0.2) is 0 Å². The fourth-order valence-electron chi connectivity index (χ4n) is 1.55. The summed E-state index contributed by atoms with van der Waals surface area (Å²) < 4.78 is 0.897. The second kappa shape index (κ2) is 6.89. The Morgan fingerprint density at radius 1 is 1.50 bits per heavy atom. The van der Waals surface area contributed by atoms with Crippen LogP contribution in [-0.2, 0) is 4.79 Å². The first-order valence-electron chi connectivity index (χ1n) is 5.65. The lowest BCUT2D eigenvalue weighted by atomic mass is 10.2. The van der Waals surface area contributed by atoms with E-state index in [1.165, 1.54) is 11.3 Å². The molecule has 1 N–H and O–H groups in total. The summed E-state index contributed by atoms with van der Waals surface area (Å²) in [6.07, 6.45) is -0.0240. The number of carbonyl (C=O) groups is 2. The molecule has 100 valence electrons. The Bertz CT molecular complexity index is 431. The number of amides is 1. The Balaban J connectivity index is 2.75. The fraction of sp³-hybridized carbons (Fsp3) is 0.500. The Labute approximate surface area is 119 Å². The molecule has 0 bridgehead atoms. The minimum absolute atomic E-state index is 0.0240. The minimum Gasteiger partial charge on any atom is -0.481 e. The molecule has 0 saturated heterocycles. The van der Waals surface area contributed by atoms with Gasteiger partial charge in [0.05, 0.1) is 15.8 Å². The van der Waals surface area contributed by atoms with Crippen LogP contribution in [0.2, 0.25) is 0 Å². The maximum Gasteiger partial charge on any atom is 0.305 e. The molecule has 1 aromatic rings. The van der Waals surface area contributed by atoms with Crippen LogP contribution in [-0.4, -0.2) is 35.0 Å². The smallest absolute Gasteiger partial charge is 0.305 e. The summed E-state index contributed by atoms with van der Waals surface area (Å²) in [7, 11) is 0. The largest absolute Gasteiger partial charge is 0.481 e. The average molecular weight is 334 g/mol. The van der Waals surface area contributed by atoms with Crippen molar-refractivity contribution < 1.29 is 14.7 Å². The Morgan fingerprint density at radius 2 is 2.17 bits per heavy atom. The SMILES string of the molecule is CC(C)CN(CCC(=O)O)C(=O)c1csc(Br)c1. The van der Waals surface area contributed by atoms with Crippen LogP contribution in [0, 0.1) is 5.92 Å². The molecule has 0 spiro atoms. The summed E-state index contributed by atoms with van der Waals surface area (Å²) in [5.74, 6) is -0.681. The lowest BCUT2D eigenvalue weighted by Crippen LogP contribution is -2.35. The standard InChI is InChI=1S/C12H16BrNO3S/c1-8(2)6-14(4-3-11(15)16)12(17)9-5-10(13)18-7-9/h5,7-8H,3-4,6H2,1-2H3,(H,15,16). The molecular weight excluding hydrogens is 318 g/mol. The monoisotopic (exact) mass is 333 g/mol. The van der Waals surface area contributed by atoms with Gasteiger partial charge in [-0.25, -0.2) is 0 Å². The molecule has 1 heterocycles. The molecule has 0 saturated carbocycles. The highest BCUT2D eigenvalue weighted by Crippen LogP contribution is 2.22. The topological polar surface area (TPSA) is 57.6 Å². The third-order valence-corrected chi connectivity index (χ3v) is 3.79. The summed E-state index contributed by atoms with van der Waals surface area (Å²) in [5, 5.41) is 10.5. The number of carboxylic acids is 1. The first kappa shape index (κ1) is 15.2. The zero-order valence-electron chi connectivity index (χ0n) is 10.4. The van der Waals surface area contributed by atoms with Crippen LogP contribution < -0.4 is 0 Å². The molecule has 0 fully saturated rings. The van der Waals surface area contributed by atoms with E-state index in [9.17, 15) is 9.59 Å². The molecule has 0 aromatic carbocycles. The first-order chi connectivity index (χ1) is 8.40. The fourth-order valence-corrected chi connectivity index (χ4v) is 2.68. The number of carboxylic acid groups (broad SMARTS) is 1. The quantitative estimate of drug-likeness (QED) is 0.870. The van der Waals surface area contributed by atoms with Crippen LogP contribution in [0.25, 0.3) is 0 Å². The molecule has 1 rings (SSSR count). The van der Waals surface area contributed by atoms with Crippen molar-refractivity contribution in [2.75, 3.05) is 13.1 Å². The van der Waals surface area contributed by atoms with Gasteiger partial charge in [-0.2, -0.15) is 0 Å². The van der Waals surface area contributed by atoms with Crippen LogP contribution in [0.4, 0.5) is 0 Å². The van der Waals surface area contributed by atoms with Crippen molar-refractivity contribution >= 4 is 39.1 Å². The lowest BCUT2D eigenvalue weighted by molar-refractivity contribution is -0.137. The van der Waals surface area contributed by atoms with Gasteiger partial charge in [0, 0.05) is 18.5 Å². The van der Waals surface area contributed by atoms with Crippen molar-refractivity contribution in [3.63, 3.8) is 0 Å². The number of halogens is 1. The second-order valence-corrected chi connectivity index (χ2v) is 6.72. The van der Waals surface area contributed by atoms with Crippen molar-refractivity contribution in [3.05, 3.63) is 20.8 Å². The number of hydrogen-bond donors (Lipinski definition) is 1. The van der Waals surface area contributed by atoms with E-state index in [1.54, 1.807) is 16.3 Å². The van der Waals surface area contributed by atoms with Crippen LogP contribution in [0.15, 0.2) is 15.2 Å². The van der Waals surface area contributed by atoms with E-state index < -0.39 is 5.97 Å². The molecule has 1 amide bonds. The molecule has 1 aromatic heterocycles. The predicted molar refractivity (Wildman–Crippen MR) is 75.0 cm³/mol. The third-order valence-electron chi connectivity index (χ3n) is 2.28. The van der Waals surface area contributed by atoms with Crippen molar-refractivity contribution in [1.29, 1.82) is 0 Å². The normalized spacial score (nSPS) is 10.7. The zero-order chi connectivity index (χ0) is 13.7. The van der Waals surface area contributed by atoms with Gasteiger partial charge >= 0.3 is 5.97 Å². The minimum atomic E-state index is -0.886. The highest BCUT2D eigenvalue weighted by atomic mass is 79.9. The molecule has 18 heavy (non-hydrogen) atoms. The maximum absolute atomic E-state index is 12.2. The Kier molecular flexibility index (Phi) is 5.81. The molecule has 4 nitrogen and oxygen atoms in total. The summed E-state index contributed by atoms with van der Waals surface area (Å²) >= 11 is 4.76. The van der Waals surface area contributed by atoms with E-state index in [4.69, 9.17) is 5.11 Å². The van der Waals surface area contributed by atoms with Crippen molar-refractivity contribution in [3.8, 4) is 0 Å². The first-order valence-corrected chi connectivity index (χ1v) is 7.32. The summed E-state index contributed by atoms with van der Waals surface area (Å²) in [6, 6.07) is 1.76. The van der Waals surface area contributed by atoms with Gasteiger partial charge in [0.1, 0.15) is 0 Å². The van der Waals surface area contributed by atoms with E-state index in [0.717, 1.165) is 3.79 Å². The van der Waals surface area contributed by atoms with E-state index in [1.807, 2.05) is 13.8 Å². The zero-order valence-corrected chi connectivity index (χ0v) is 12.8. The highest BCUT2D eigenvalue weighted by Gasteiger charge is 2.18. The molecule has 6 heteroatoms. The maximum atomic E-state index is 12.2. The number of nitrogens with zero attached hydrogens (tertiary/aromatic N) is 1. The summed E-state index contributed by atoms with van der Waals surface area (Å²) in [4.78, 5) is 24.4. The van der Waals surface area contributed by atoms with Crippen molar-refractivity contribution in [2.45, 2.75) is 20.3 Å². The van der Waals surface area contributed by atoms with Gasteiger partial charge < -0.3 is 10.0 Å². The number of rotatable bonds is 6. The van der Waals surface area contributed by atoms with E-state index >= 15 is 0 Å². The molecular formula is C12H16BrNO3S. The van der Waals surface area contributed by atoms with Gasteiger partial charge in [-0.05, 0) is 27.9 Å². The van der Waals surface area contributed by atoms with Gasteiger partial charge in [0.2, 0.25) is 0 Å². The Morgan fingerprint density at radius 3 is 2.61 bits per heavy atom. The number of aliphatic carboxylic acids is 1. The number of thiophene rings is 1. The summed E-state index contributed by atoms with van der Waals surface area (Å²) in [6.45, 7) is 4.83. The number of carbonyl (C=O) groups excluding carboxylic acids is 1. The van der Waals surface area contributed by atoms with Crippen LogP contribution in [0.3, 0.4) is 0 Å². The highest BCUT2D eigenvalue weighted by molar-refractivity contribution is 9.11. The van der Waals surface area contributed by atoms with Crippen LogP contribution in [0.1, 0.15) is 30.6 Å². The summed E-state index contributed by atoms with van der Waals surface area (Å²) in [5.41, 5.74) is 0.609. The van der Waals surface area contributed by atoms with Crippen LogP contribution >= 0.6 is 27.3 Å². The van der Waals surface area contributed by atoms with Gasteiger partial charge in [-0.3, -0.25) is 9.59 Å². The molecule has 0 unspecified atom stereocenters. The van der Waals surface area contributed by atoms with E-state index in [2.05, 4.69) is 15.9 Å². The molecule has 0 aliphatic carbocycles. The molecule has 0 atom stereocenters. The van der Waals surface area contributed by atoms with Gasteiger partial charge in [-0.15, -0.1) is 11.3 Å². The molecule has 0 radical (unpaired) electrons. The predicted octanol–water partition coefficient (Wildman–Crippen LogP) is 3.08. The van der Waals surface area contributed by atoms with Gasteiger partial charge in [-0.1, -0.05) is 13.8 Å². The molecule has 0 aliphatic heterocycles. The third kappa shape index (κ3) is 4.78. The van der Waals surface area contributed by atoms with Crippen LogP contribution in [0.5, 0.6) is 0 Å². The lowest BCUT2D eigenvalue weighted by Gasteiger charge is -2.23. The van der Waals surface area contributed by atoms with E-state index in [0.29, 0.717) is 18.0 Å². The van der Waals surface area contributed by atoms with Gasteiger partial charge in [0.25, 0.3) is 5.91 Å². The average Bonchev–Trinajstić information content (AvgIpc) is 2.69. The number of hydrogen-bond acceptors (Lipinski definition) is 3. The van der Waals surface area contributed by atoms with E-state index in [-0.39, 0.29) is 18.9 Å². The second-order valence-electron chi connectivity index (χ2n) is 4.43. The molecule has 0 aliphatic rings. The van der Waals surface area contributed by atoms with Crippen molar-refractivity contribution in [1.82, 2.24) is 4.90 Å². The Hall–Kier alpha value is -0.880. The van der Waals surface area contributed by atoms with Crippen molar-refractivity contribution in [2.24, 2.45) is 5.92 Å².